The molecule has 1 aromatic carbocycles. The van der Waals surface area contributed by atoms with E-state index in [9.17, 15) is 14.7 Å². The van der Waals surface area contributed by atoms with Crippen LogP contribution in [0.25, 0.3) is 0 Å². The van der Waals surface area contributed by atoms with Crippen molar-refractivity contribution in [1.82, 2.24) is 9.80 Å². The summed E-state index contributed by atoms with van der Waals surface area (Å²) in [5, 5.41) is 9.86. The summed E-state index contributed by atoms with van der Waals surface area (Å²) >= 11 is 0. The fraction of sp³-hybridized carbons (Fsp3) is 0.429. The van der Waals surface area contributed by atoms with E-state index in [4.69, 9.17) is 0 Å². The summed E-state index contributed by atoms with van der Waals surface area (Å²) in [4.78, 5) is 26.7. The van der Waals surface area contributed by atoms with E-state index in [-0.39, 0.29) is 17.7 Å². The van der Waals surface area contributed by atoms with Crippen molar-refractivity contribution in [3.63, 3.8) is 0 Å². The van der Waals surface area contributed by atoms with Gasteiger partial charge in [0.15, 0.2) is 0 Å². The Bertz CT molecular complexity index is 570. The van der Waals surface area contributed by atoms with Gasteiger partial charge in [-0.3, -0.25) is 9.59 Å². The number of carbonyl (C=O) groups is 2. The Kier molecular flexibility index (Phi) is 2.52. The second kappa shape index (κ2) is 3.98. The molecule has 100 valence electrons. The summed E-state index contributed by atoms with van der Waals surface area (Å²) in [6.07, 6.45) is 1.27. The Morgan fingerprint density at radius 1 is 1.37 bits per heavy atom. The lowest BCUT2D eigenvalue weighted by Gasteiger charge is -2.47. The van der Waals surface area contributed by atoms with Crippen molar-refractivity contribution in [3.05, 3.63) is 28.8 Å². The van der Waals surface area contributed by atoms with Gasteiger partial charge in [0.05, 0.1) is 6.04 Å². The lowest BCUT2D eigenvalue weighted by molar-refractivity contribution is -0.150. The summed E-state index contributed by atoms with van der Waals surface area (Å²) in [5.74, 6) is 0.224. The van der Waals surface area contributed by atoms with Crippen molar-refractivity contribution in [2.75, 3.05) is 13.6 Å². The molecule has 0 aliphatic carbocycles. The highest BCUT2D eigenvalue weighted by molar-refractivity contribution is 5.86. The van der Waals surface area contributed by atoms with E-state index in [0.29, 0.717) is 13.0 Å². The molecule has 0 spiro atoms. The number of phenolic OH excluding ortho intramolecular Hbond substituents is 1. The summed E-state index contributed by atoms with van der Waals surface area (Å²) < 4.78 is 0. The molecular weight excluding hydrogens is 244 g/mol. The van der Waals surface area contributed by atoms with Crippen molar-refractivity contribution in [2.24, 2.45) is 0 Å². The van der Waals surface area contributed by atoms with E-state index in [1.165, 1.54) is 0 Å². The van der Waals surface area contributed by atoms with Crippen LogP contribution in [0.5, 0.6) is 5.75 Å². The third-order valence-corrected chi connectivity index (χ3v) is 4.18. The van der Waals surface area contributed by atoms with Gasteiger partial charge in [-0.05, 0) is 29.7 Å². The quantitative estimate of drug-likeness (QED) is 0.752. The van der Waals surface area contributed by atoms with Gasteiger partial charge in [0.25, 0.3) is 0 Å². The number of aromatic hydroxyl groups is 1. The van der Waals surface area contributed by atoms with Gasteiger partial charge in [0, 0.05) is 20.0 Å². The van der Waals surface area contributed by atoms with Gasteiger partial charge in [-0.2, -0.15) is 0 Å². The molecule has 1 N–H and O–H groups in total. The van der Waals surface area contributed by atoms with Crippen LogP contribution in [0.1, 0.15) is 22.7 Å². The van der Waals surface area contributed by atoms with Crippen LogP contribution in [0, 0.1) is 6.92 Å². The highest BCUT2D eigenvalue weighted by atomic mass is 16.3. The van der Waals surface area contributed by atoms with E-state index >= 15 is 0 Å². The number of phenols is 1. The van der Waals surface area contributed by atoms with E-state index < -0.39 is 6.04 Å². The van der Waals surface area contributed by atoms with Gasteiger partial charge in [-0.15, -0.1) is 0 Å². The number of hydrogen-bond donors (Lipinski definition) is 1. The number of fused-ring (bicyclic) bond motifs is 4. The number of rotatable bonds is 1. The summed E-state index contributed by atoms with van der Waals surface area (Å²) in [6.45, 7) is 2.31. The zero-order valence-corrected chi connectivity index (χ0v) is 11.0. The van der Waals surface area contributed by atoms with Crippen molar-refractivity contribution >= 4 is 12.3 Å². The molecule has 5 heteroatoms. The average Bonchev–Trinajstić information content (AvgIpc) is 2.38. The number of benzene rings is 1. The Morgan fingerprint density at radius 2 is 2.11 bits per heavy atom. The maximum Gasteiger partial charge on any atom is 0.245 e. The molecule has 3 rings (SSSR count). The van der Waals surface area contributed by atoms with Crippen molar-refractivity contribution in [3.8, 4) is 5.75 Å². The molecular formula is C14H16N2O3. The van der Waals surface area contributed by atoms with Gasteiger partial charge in [-0.25, -0.2) is 0 Å². The van der Waals surface area contributed by atoms with Crippen LogP contribution >= 0.6 is 0 Å². The minimum atomic E-state index is -0.405. The molecule has 0 saturated carbocycles. The third-order valence-electron chi connectivity index (χ3n) is 4.18. The van der Waals surface area contributed by atoms with Gasteiger partial charge in [0.1, 0.15) is 11.8 Å². The molecule has 2 atom stereocenters. The van der Waals surface area contributed by atoms with E-state index in [1.54, 1.807) is 22.9 Å². The first-order chi connectivity index (χ1) is 9.02. The van der Waals surface area contributed by atoms with E-state index in [1.807, 2.05) is 13.0 Å². The van der Waals surface area contributed by atoms with Gasteiger partial charge in [0.2, 0.25) is 12.3 Å². The number of likely N-dealkylation sites (N-methyl/N-ethyl adjacent to an activating group) is 1. The zero-order valence-electron chi connectivity index (χ0n) is 11.0. The van der Waals surface area contributed by atoms with Crippen molar-refractivity contribution < 1.29 is 14.7 Å². The predicted octanol–water partition coefficient (Wildman–Crippen LogP) is 0.597. The molecule has 2 amide bonds. The van der Waals surface area contributed by atoms with Gasteiger partial charge in [-0.1, -0.05) is 6.07 Å². The Labute approximate surface area is 111 Å². The molecule has 2 heterocycles. The third kappa shape index (κ3) is 1.61. The number of nitrogens with zero attached hydrogens (tertiary/aromatic N) is 2. The highest BCUT2D eigenvalue weighted by Crippen LogP contribution is 2.39. The van der Waals surface area contributed by atoms with E-state index in [0.717, 1.165) is 23.1 Å². The number of piperazine rings is 1. The summed E-state index contributed by atoms with van der Waals surface area (Å²) in [6, 6.07) is 3.09. The number of carbonyl (C=O) groups excluding carboxylic acids is 2. The molecule has 0 radical (unpaired) electrons. The van der Waals surface area contributed by atoms with Crippen LogP contribution in [0.3, 0.4) is 0 Å². The van der Waals surface area contributed by atoms with Crippen LogP contribution in [-0.2, 0) is 16.0 Å². The predicted molar refractivity (Wildman–Crippen MR) is 68.6 cm³/mol. The largest absolute Gasteiger partial charge is 0.508 e. The molecule has 2 aliphatic rings. The first-order valence-corrected chi connectivity index (χ1v) is 6.33. The molecule has 5 nitrogen and oxygen atoms in total. The Hall–Kier alpha value is -2.04. The van der Waals surface area contributed by atoms with E-state index in [2.05, 4.69) is 0 Å². The fourth-order valence-electron chi connectivity index (χ4n) is 3.11. The Morgan fingerprint density at radius 3 is 2.79 bits per heavy atom. The van der Waals surface area contributed by atoms with Crippen molar-refractivity contribution in [2.45, 2.75) is 25.4 Å². The average molecular weight is 260 g/mol. The van der Waals surface area contributed by atoms with Crippen molar-refractivity contribution in [1.29, 1.82) is 0 Å². The Balaban J connectivity index is 2.15. The second-order valence-corrected chi connectivity index (χ2v) is 5.34. The first-order valence-electron chi connectivity index (χ1n) is 6.33. The lowest BCUT2D eigenvalue weighted by Crippen LogP contribution is -2.59. The molecule has 19 heavy (non-hydrogen) atoms. The molecule has 1 fully saturated rings. The fourth-order valence-corrected chi connectivity index (χ4v) is 3.11. The lowest BCUT2D eigenvalue weighted by atomic mass is 9.84. The topological polar surface area (TPSA) is 60.9 Å². The molecule has 0 aromatic heterocycles. The molecule has 2 aliphatic heterocycles. The molecule has 1 saturated heterocycles. The minimum absolute atomic E-state index is 0.0141. The molecule has 0 unspecified atom stereocenters. The normalized spacial score (nSPS) is 25.3. The van der Waals surface area contributed by atoms with Crippen LogP contribution in [-0.4, -0.2) is 46.9 Å². The second-order valence-electron chi connectivity index (χ2n) is 5.34. The highest BCUT2D eigenvalue weighted by Gasteiger charge is 2.43. The monoisotopic (exact) mass is 260 g/mol. The standard InChI is InChI=1S/C14H16N2O3/c1-8-3-9-4-11-14(19)15(2)6-12(16(11)7-17)10(9)5-13(8)18/h3,5,7,11-12,18H,4,6H2,1-2H3/t11-,12-/m0/s1. The first kappa shape index (κ1) is 12.0. The number of amides is 2. The number of hydrogen-bond acceptors (Lipinski definition) is 3. The minimum Gasteiger partial charge on any atom is -0.508 e. The number of aryl methyl sites for hydroxylation is 1. The SMILES string of the molecule is Cc1cc2c(cc1O)[C@@H]1CN(C)C(=O)[C@H](C2)N1C=O. The maximum atomic E-state index is 12.1. The molecule has 1 aromatic rings. The zero-order chi connectivity index (χ0) is 13.7. The smallest absolute Gasteiger partial charge is 0.245 e. The van der Waals surface area contributed by atoms with Crippen LogP contribution in [0.4, 0.5) is 0 Å². The summed E-state index contributed by atoms with van der Waals surface area (Å²) in [5.41, 5.74) is 2.81. The van der Waals surface area contributed by atoms with Crippen LogP contribution in [0.2, 0.25) is 0 Å². The van der Waals surface area contributed by atoms with Crippen LogP contribution in [0.15, 0.2) is 12.1 Å². The molecule has 2 bridgehead atoms. The van der Waals surface area contributed by atoms with Crippen LogP contribution < -0.4 is 0 Å². The van der Waals surface area contributed by atoms with Gasteiger partial charge >= 0.3 is 0 Å². The maximum absolute atomic E-state index is 12.1. The summed E-state index contributed by atoms with van der Waals surface area (Å²) in [7, 11) is 1.75. The van der Waals surface area contributed by atoms with Gasteiger partial charge < -0.3 is 14.9 Å².